The molecule has 4 nitrogen and oxygen atoms in total. The third kappa shape index (κ3) is 2.81. The molecule has 0 bridgehead atoms. The van der Waals surface area contributed by atoms with Crippen LogP contribution in [0.5, 0.6) is 0 Å². The normalized spacial score (nSPS) is 10.3. The zero-order valence-electron chi connectivity index (χ0n) is 9.79. The molecule has 2 aromatic rings. The van der Waals surface area contributed by atoms with Gasteiger partial charge in [-0.25, -0.2) is 0 Å². The molecule has 0 fully saturated rings. The Morgan fingerprint density at radius 1 is 1.22 bits per heavy atom. The third-order valence-corrected chi connectivity index (χ3v) is 3.45. The van der Waals surface area contributed by atoms with Gasteiger partial charge in [0.2, 0.25) is 0 Å². The molecule has 0 saturated carbocycles. The van der Waals surface area contributed by atoms with Gasteiger partial charge in [-0.05, 0) is 36.8 Å². The van der Waals surface area contributed by atoms with E-state index in [1.807, 2.05) is 25.1 Å². The van der Waals surface area contributed by atoms with E-state index in [2.05, 4.69) is 0 Å². The second-order valence-electron chi connectivity index (χ2n) is 3.90. The average Bonchev–Trinajstić information content (AvgIpc) is 2.31. The Morgan fingerprint density at radius 2 is 2.00 bits per heavy atom. The predicted molar refractivity (Wildman–Crippen MR) is 72.8 cm³/mol. The van der Waals surface area contributed by atoms with Crippen LogP contribution < -0.4 is 5.73 Å². The van der Waals surface area contributed by atoms with Crippen LogP contribution in [-0.2, 0) is 0 Å². The number of hydrogen-bond acceptors (Lipinski definition) is 4. The van der Waals surface area contributed by atoms with Gasteiger partial charge in [-0.2, -0.15) is 0 Å². The fraction of sp³-hybridized carbons (Fsp3) is 0.0769. The van der Waals surface area contributed by atoms with E-state index >= 15 is 0 Å². The highest BCUT2D eigenvalue weighted by atomic mass is 32.2. The number of nitrogen functional groups attached to an aromatic ring is 1. The van der Waals surface area contributed by atoms with Crippen molar-refractivity contribution in [1.29, 1.82) is 0 Å². The second-order valence-corrected chi connectivity index (χ2v) is 5.02. The number of nitrogens with zero attached hydrogens (tertiary/aromatic N) is 1. The van der Waals surface area contributed by atoms with Crippen molar-refractivity contribution in [2.24, 2.45) is 0 Å². The van der Waals surface area contributed by atoms with E-state index in [0.29, 0.717) is 10.6 Å². The molecule has 92 valence electrons. The van der Waals surface area contributed by atoms with Crippen LogP contribution in [0.1, 0.15) is 5.56 Å². The Morgan fingerprint density at radius 3 is 2.67 bits per heavy atom. The number of anilines is 1. The summed E-state index contributed by atoms with van der Waals surface area (Å²) in [5, 5.41) is 11.0. The first-order chi connectivity index (χ1) is 8.56. The van der Waals surface area contributed by atoms with E-state index in [4.69, 9.17) is 5.73 Å². The van der Waals surface area contributed by atoms with Gasteiger partial charge in [0.15, 0.2) is 0 Å². The lowest BCUT2D eigenvalue weighted by atomic mass is 10.2. The van der Waals surface area contributed by atoms with Crippen LogP contribution >= 0.6 is 11.8 Å². The van der Waals surface area contributed by atoms with E-state index in [0.717, 1.165) is 10.5 Å². The van der Waals surface area contributed by atoms with Gasteiger partial charge < -0.3 is 5.73 Å². The number of nitrogens with two attached hydrogens (primary N) is 1. The topological polar surface area (TPSA) is 69.2 Å². The van der Waals surface area contributed by atoms with Gasteiger partial charge >= 0.3 is 0 Å². The molecule has 0 unspecified atom stereocenters. The van der Waals surface area contributed by atoms with Crippen LogP contribution in [0.3, 0.4) is 0 Å². The Labute approximate surface area is 109 Å². The zero-order valence-corrected chi connectivity index (χ0v) is 10.6. The molecule has 0 aliphatic heterocycles. The van der Waals surface area contributed by atoms with E-state index in [1.54, 1.807) is 24.3 Å². The van der Waals surface area contributed by atoms with Crippen LogP contribution in [0, 0.1) is 17.0 Å². The Balaban J connectivity index is 2.37. The van der Waals surface area contributed by atoms with Crippen molar-refractivity contribution in [2.75, 3.05) is 5.73 Å². The molecular weight excluding hydrogens is 248 g/mol. The second kappa shape index (κ2) is 5.10. The summed E-state index contributed by atoms with van der Waals surface area (Å²) in [6, 6.07) is 12.5. The van der Waals surface area contributed by atoms with Crippen molar-refractivity contribution < 1.29 is 4.92 Å². The van der Waals surface area contributed by atoms with Crippen molar-refractivity contribution in [3.63, 3.8) is 0 Å². The minimum atomic E-state index is -0.359. The van der Waals surface area contributed by atoms with Crippen molar-refractivity contribution >= 4 is 23.1 Å². The summed E-state index contributed by atoms with van der Waals surface area (Å²) in [5.41, 5.74) is 7.34. The first kappa shape index (κ1) is 12.4. The van der Waals surface area contributed by atoms with E-state index in [9.17, 15) is 10.1 Å². The van der Waals surface area contributed by atoms with E-state index in [1.165, 1.54) is 11.8 Å². The van der Waals surface area contributed by atoms with Gasteiger partial charge in [0.25, 0.3) is 5.69 Å². The summed E-state index contributed by atoms with van der Waals surface area (Å²) < 4.78 is 0. The summed E-state index contributed by atoms with van der Waals surface area (Å²) in [5.74, 6) is 0. The minimum Gasteiger partial charge on any atom is -0.399 e. The van der Waals surface area contributed by atoms with Crippen molar-refractivity contribution in [3.05, 3.63) is 58.1 Å². The molecule has 0 aromatic heterocycles. The fourth-order valence-electron chi connectivity index (χ4n) is 1.56. The number of hydrogen-bond donors (Lipinski definition) is 1. The molecule has 0 aliphatic carbocycles. The molecule has 2 aromatic carbocycles. The van der Waals surface area contributed by atoms with Crippen molar-refractivity contribution in [3.8, 4) is 0 Å². The van der Waals surface area contributed by atoms with Crippen molar-refractivity contribution in [1.82, 2.24) is 0 Å². The van der Waals surface area contributed by atoms with Gasteiger partial charge in [-0.15, -0.1) is 0 Å². The predicted octanol–water partition coefficient (Wildman–Crippen LogP) is 3.64. The minimum absolute atomic E-state index is 0.127. The molecule has 0 saturated heterocycles. The monoisotopic (exact) mass is 260 g/mol. The maximum absolute atomic E-state index is 11.0. The molecule has 18 heavy (non-hydrogen) atoms. The standard InChI is InChI=1S/C13H12N2O2S/c1-9-5-6-13(12(7-9)15(16)17)18-11-4-2-3-10(14)8-11/h2-8H,14H2,1H3. The molecule has 0 amide bonds. The molecule has 0 radical (unpaired) electrons. The number of rotatable bonds is 3. The van der Waals surface area contributed by atoms with Gasteiger partial charge in [0, 0.05) is 16.6 Å². The largest absolute Gasteiger partial charge is 0.399 e. The van der Waals surface area contributed by atoms with Gasteiger partial charge in [-0.1, -0.05) is 23.9 Å². The zero-order chi connectivity index (χ0) is 13.1. The maximum Gasteiger partial charge on any atom is 0.283 e. The highest BCUT2D eigenvalue weighted by Crippen LogP contribution is 2.35. The van der Waals surface area contributed by atoms with Crippen LogP contribution in [-0.4, -0.2) is 4.92 Å². The Bertz CT molecular complexity index is 599. The third-order valence-electron chi connectivity index (χ3n) is 2.40. The van der Waals surface area contributed by atoms with Gasteiger partial charge in [0.1, 0.15) is 0 Å². The highest BCUT2D eigenvalue weighted by Gasteiger charge is 2.14. The molecule has 0 heterocycles. The molecule has 2 N–H and O–H groups in total. The summed E-state index contributed by atoms with van der Waals surface area (Å²) in [7, 11) is 0. The van der Waals surface area contributed by atoms with Crippen LogP contribution in [0.2, 0.25) is 0 Å². The van der Waals surface area contributed by atoms with Crippen molar-refractivity contribution in [2.45, 2.75) is 16.7 Å². The van der Waals surface area contributed by atoms with Gasteiger partial charge in [0.05, 0.1) is 9.82 Å². The smallest absolute Gasteiger partial charge is 0.283 e. The number of aryl methyl sites for hydroxylation is 1. The first-order valence-corrected chi connectivity index (χ1v) is 6.16. The van der Waals surface area contributed by atoms with E-state index < -0.39 is 0 Å². The SMILES string of the molecule is Cc1ccc(Sc2cccc(N)c2)c([N+](=O)[O-])c1. The van der Waals surface area contributed by atoms with Gasteiger partial charge in [-0.3, -0.25) is 10.1 Å². The maximum atomic E-state index is 11.0. The summed E-state index contributed by atoms with van der Waals surface area (Å²) in [4.78, 5) is 12.2. The summed E-state index contributed by atoms with van der Waals surface area (Å²) >= 11 is 1.34. The van der Waals surface area contributed by atoms with Crippen LogP contribution in [0.4, 0.5) is 11.4 Å². The lowest BCUT2D eigenvalue weighted by Crippen LogP contribution is -1.91. The average molecular weight is 260 g/mol. The molecule has 0 spiro atoms. The quantitative estimate of drug-likeness (QED) is 0.519. The molecule has 2 rings (SSSR count). The molecular formula is C13H12N2O2S. The Kier molecular flexibility index (Phi) is 3.53. The van der Waals surface area contributed by atoms with E-state index in [-0.39, 0.29) is 10.6 Å². The summed E-state index contributed by atoms with van der Waals surface area (Å²) in [6.07, 6.45) is 0. The number of benzene rings is 2. The fourth-order valence-corrected chi connectivity index (χ4v) is 2.53. The lowest BCUT2D eigenvalue weighted by molar-refractivity contribution is -0.387. The lowest BCUT2D eigenvalue weighted by Gasteiger charge is -2.04. The first-order valence-electron chi connectivity index (χ1n) is 5.35. The van der Waals surface area contributed by atoms with Crippen LogP contribution in [0.25, 0.3) is 0 Å². The Hall–Kier alpha value is -2.01. The molecule has 0 aliphatic rings. The van der Waals surface area contributed by atoms with Crippen LogP contribution in [0.15, 0.2) is 52.3 Å². The number of nitro benzene ring substituents is 1. The molecule has 0 atom stereocenters. The molecule has 5 heteroatoms. The summed E-state index contributed by atoms with van der Waals surface area (Å²) in [6.45, 7) is 1.84. The highest BCUT2D eigenvalue weighted by molar-refractivity contribution is 7.99. The number of nitro groups is 1.